The van der Waals surface area contributed by atoms with Crippen molar-refractivity contribution in [1.82, 2.24) is 10.2 Å². The molecule has 2 rings (SSSR count). The standard InChI is InChI=1S/C17H23FN2O5S/c1-12(13-5-6-14(18)15(21)9-13)11-26(24,25)8-4-2-3-7-20-10-16(22)19-17(20)23/h5-6,9,12,21H,2-4,7-8,10-11H2,1H3,(H,19,22,23)/t12-/m0/s1. The molecule has 3 amide bonds. The van der Waals surface area contributed by atoms with E-state index < -0.39 is 27.4 Å². The Bertz CT molecular complexity index is 781. The Balaban J connectivity index is 1.73. The smallest absolute Gasteiger partial charge is 0.324 e. The van der Waals surface area contributed by atoms with Crippen molar-refractivity contribution in [3.8, 4) is 5.75 Å². The van der Waals surface area contributed by atoms with Crippen LogP contribution in [0.3, 0.4) is 0 Å². The molecule has 1 fully saturated rings. The van der Waals surface area contributed by atoms with Crippen LogP contribution in [0.2, 0.25) is 0 Å². The molecule has 1 heterocycles. The Labute approximate surface area is 152 Å². The maximum Gasteiger partial charge on any atom is 0.324 e. The van der Waals surface area contributed by atoms with Gasteiger partial charge in [0.25, 0.3) is 0 Å². The van der Waals surface area contributed by atoms with E-state index in [0.717, 1.165) is 6.07 Å². The Morgan fingerprint density at radius 2 is 2.00 bits per heavy atom. The van der Waals surface area contributed by atoms with Crippen LogP contribution >= 0.6 is 0 Å². The third-order valence-electron chi connectivity index (χ3n) is 4.29. The van der Waals surface area contributed by atoms with E-state index in [1.807, 2.05) is 0 Å². The maximum absolute atomic E-state index is 13.1. The summed E-state index contributed by atoms with van der Waals surface area (Å²) in [5, 5.41) is 11.6. The largest absolute Gasteiger partial charge is 0.505 e. The van der Waals surface area contributed by atoms with Gasteiger partial charge < -0.3 is 10.0 Å². The summed E-state index contributed by atoms with van der Waals surface area (Å²) < 4.78 is 37.5. The molecule has 0 radical (unpaired) electrons. The normalized spacial score (nSPS) is 16.0. The highest BCUT2D eigenvalue weighted by atomic mass is 32.2. The van der Waals surface area contributed by atoms with Crippen LogP contribution in [0.25, 0.3) is 0 Å². The first-order valence-corrected chi connectivity index (χ1v) is 10.3. The number of nitrogens with zero attached hydrogens (tertiary/aromatic N) is 1. The summed E-state index contributed by atoms with van der Waals surface area (Å²) in [7, 11) is -3.29. The van der Waals surface area contributed by atoms with Gasteiger partial charge in [-0.2, -0.15) is 0 Å². The Kier molecular flexibility index (Phi) is 6.57. The van der Waals surface area contributed by atoms with E-state index in [1.54, 1.807) is 6.92 Å². The number of carbonyl (C=O) groups is 2. The number of urea groups is 1. The van der Waals surface area contributed by atoms with Crippen molar-refractivity contribution in [2.45, 2.75) is 32.1 Å². The maximum atomic E-state index is 13.1. The predicted molar refractivity (Wildman–Crippen MR) is 94.1 cm³/mol. The molecular formula is C17H23FN2O5S. The SMILES string of the molecule is C[C@@H](CS(=O)(=O)CCCCCN1CC(=O)NC1=O)c1ccc(F)c(O)c1. The Morgan fingerprint density at radius 1 is 1.27 bits per heavy atom. The van der Waals surface area contributed by atoms with Gasteiger partial charge in [0.15, 0.2) is 21.4 Å². The molecule has 26 heavy (non-hydrogen) atoms. The van der Waals surface area contributed by atoms with E-state index in [1.165, 1.54) is 17.0 Å². The number of halogens is 1. The third kappa shape index (κ3) is 5.69. The molecule has 0 aliphatic carbocycles. The van der Waals surface area contributed by atoms with Gasteiger partial charge in [-0.1, -0.05) is 19.4 Å². The minimum Gasteiger partial charge on any atom is -0.505 e. The van der Waals surface area contributed by atoms with Gasteiger partial charge in [0.2, 0.25) is 5.91 Å². The zero-order chi connectivity index (χ0) is 19.3. The predicted octanol–water partition coefficient (Wildman–Crippen LogP) is 1.77. The lowest BCUT2D eigenvalue weighted by Crippen LogP contribution is -2.29. The summed E-state index contributed by atoms with van der Waals surface area (Å²) in [5.41, 5.74) is 0.567. The lowest BCUT2D eigenvalue weighted by Gasteiger charge is -2.14. The number of carbonyl (C=O) groups excluding carboxylic acids is 2. The fourth-order valence-corrected chi connectivity index (χ4v) is 4.63. The molecule has 1 saturated heterocycles. The number of benzene rings is 1. The lowest BCUT2D eigenvalue weighted by molar-refractivity contribution is -0.118. The number of hydrogen-bond acceptors (Lipinski definition) is 5. The highest BCUT2D eigenvalue weighted by Gasteiger charge is 2.25. The molecule has 0 saturated carbocycles. The van der Waals surface area contributed by atoms with Crippen molar-refractivity contribution < 1.29 is 27.5 Å². The summed E-state index contributed by atoms with van der Waals surface area (Å²) >= 11 is 0. The highest BCUT2D eigenvalue weighted by molar-refractivity contribution is 7.91. The zero-order valence-electron chi connectivity index (χ0n) is 14.6. The summed E-state index contributed by atoms with van der Waals surface area (Å²) in [6, 6.07) is 3.43. The first-order chi connectivity index (χ1) is 12.2. The number of sulfone groups is 1. The molecule has 0 spiro atoms. The number of hydrogen-bond donors (Lipinski definition) is 2. The van der Waals surface area contributed by atoms with E-state index in [2.05, 4.69) is 5.32 Å². The van der Waals surface area contributed by atoms with Crippen molar-refractivity contribution in [2.75, 3.05) is 24.6 Å². The summed E-state index contributed by atoms with van der Waals surface area (Å²) in [6.45, 7) is 2.19. The van der Waals surface area contributed by atoms with Crippen molar-refractivity contribution >= 4 is 21.8 Å². The molecule has 9 heteroatoms. The minimum absolute atomic E-state index is 0.0235. The number of aromatic hydroxyl groups is 1. The van der Waals surface area contributed by atoms with Crippen LogP contribution in [-0.4, -0.2) is 55.0 Å². The molecule has 1 aliphatic heterocycles. The summed E-state index contributed by atoms with van der Waals surface area (Å²) in [5.74, 6) is -1.96. The van der Waals surface area contributed by atoms with Crippen LogP contribution in [0.5, 0.6) is 5.75 Å². The molecule has 0 unspecified atom stereocenters. The average Bonchev–Trinajstić information content (AvgIpc) is 2.86. The zero-order valence-corrected chi connectivity index (χ0v) is 15.4. The number of nitrogens with one attached hydrogen (secondary N) is 1. The van der Waals surface area contributed by atoms with Crippen molar-refractivity contribution in [3.05, 3.63) is 29.6 Å². The van der Waals surface area contributed by atoms with Crippen LogP contribution < -0.4 is 5.32 Å². The van der Waals surface area contributed by atoms with Crippen molar-refractivity contribution in [1.29, 1.82) is 0 Å². The van der Waals surface area contributed by atoms with Crippen LogP contribution in [0, 0.1) is 5.82 Å². The van der Waals surface area contributed by atoms with Gasteiger partial charge in [-0.05, 0) is 36.5 Å². The number of rotatable bonds is 9. The van der Waals surface area contributed by atoms with Crippen LogP contribution in [-0.2, 0) is 14.6 Å². The summed E-state index contributed by atoms with van der Waals surface area (Å²) in [6.07, 6.45) is 1.72. The van der Waals surface area contributed by atoms with Crippen molar-refractivity contribution in [2.24, 2.45) is 0 Å². The van der Waals surface area contributed by atoms with Crippen LogP contribution in [0.4, 0.5) is 9.18 Å². The van der Waals surface area contributed by atoms with E-state index in [0.29, 0.717) is 31.4 Å². The molecule has 1 aliphatic rings. The topological polar surface area (TPSA) is 104 Å². The van der Waals surface area contributed by atoms with Gasteiger partial charge in [-0.3, -0.25) is 10.1 Å². The number of phenols is 1. The number of amides is 3. The fourth-order valence-electron chi connectivity index (χ4n) is 2.86. The van der Waals surface area contributed by atoms with Crippen LogP contribution in [0.15, 0.2) is 18.2 Å². The van der Waals surface area contributed by atoms with E-state index in [4.69, 9.17) is 0 Å². The van der Waals surface area contributed by atoms with Gasteiger partial charge in [-0.25, -0.2) is 17.6 Å². The summed E-state index contributed by atoms with van der Waals surface area (Å²) in [4.78, 5) is 23.8. The molecule has 0 bridgehead atoms. The Morgan fingerprint density at radius 3 is 2.62 bits per heavy atom. The molecule has 0 aromatic heterocycles. The van der Waals surface area contributed by atoms with Crippen LogP contribution in [0.1, 0.15) is 37.7 Å². The number of unbranched alkanes of at least 4 members (excludes halogenated alkanes) is 2. The van der Waals surface area contributed by atoms with Gasteiger partial charge in [0.05, 0.1) is 11.5 Å². The van der Waals surface area contributed by atoms with Gasteiger partial charge in [-0.15, -0.1) is 0 Å². The molecule has 1 aromatic carbocycles. The van der Waals surface area contributed by atoms with E-state index in [9.17, 15) is 27.5 Å². The van der Waals surface area contributed by atoms with E-state index in [-0.39, 0.29) is 29.9 Å². The third-order valence-corrected chi connectivity index (χ3v) is 6.21. The molecule has 144 valence electrons. The first-order valence-electron chi connectivity index (χ1n) is 8.45. The second-order valence-corrected chi connectivity index (χ2v) is 8.79. The van der Waals surface area contributed by atoms with E-state index >= 15 is 0 Å². The molecule has 1 aromatic rings. The Hall–Kier alpha value is -2.16. The first kappa shape index (κ1) is 20.2. The molecule has 7 nitrogen and oxygen atoms in total. The van der Waals surface area contributed by atoms with Gasteiger partial charge in [0, 0.05) is 6.54 Å². The van der Waals surface area contributed by atoms with Gasteiger partial charge >= 0.3 is 6.03 Å². The number of phenolic OH excluding ortho intramolecular Hbond substituents is 1. The lowest BCUT2D eigenvalue weighted by atomic mass is 10.0. The molecule has 1 atom stereocenters. The molecule has 2 N–H and O–H groups in total. The average molecular weight is 386 g/mol. The minimum atomic E-state index is -3.29. The van der Waals surface area contributed by atoms with Crippen molar-refractivity contribution in [3.63, 3.8) is 0 Å². The monoisotopic (exact) mass is 386 g/mol. The quantitative estimate of drug-likeness (QED) is 0.497. The second-order valence-electron chi connectivity index (χ2n) is 6.56. The fraction of sp³-hybridized carbons (Fsp3) is 0.529. The number of imide groups is 1. The van der Waals surface area contributed by atoms with Gasteiger partial charge in [0.1, 0.15) is 6.54 Å². The molecular weight excluding hydrogens is 363 g/mol. The highest BCUT2D eigenvalue weighted by Crippen LogP contribution is 2.24. The second kappa shape index (κ2) is 8.48.